The molecule has 1 aliphatic carbocycles. The molecule has 0 radical (unpaired) electrons. The van der Waals surface area contributed by atoms with Crippen LogP contribution in [0.25, 0.3) is 0 Å². The Morgan fingerprint density at radius 2 is 2.00 bits per heavy atom. The summed E-state index contributed by atoms with van der Waals surface area (Å²) in [6.07, 6.45) is -0.604. The first-order valence-electron chi connectivity index (χ1n) is 4.60. The molecule has 2 nitrogen and oxygen atoms in total. The molecule has 0 bridgehead atoms. The average molecular weight is 229 g/mol. The van der Waals surface area contributed by atoms with Gasteiger partial charge in [0, 0.05) is 0 Å². The highest BCUT2D eigenvalue weighted by atomic mass is 19.4. The number of halogens is 3. The Balaban J connectivity index is 3.04. The number of nitriles is 1. The van der Waals surface area contributed by atoms with Crippen molar-refractivity contribution >= 4 is 0 Å². The van der Waals surface area contributed by atoms with Crippen LogP contribution in [-0.4, -0.2) is 6.36 Å². The summed E-state index contributed by atoms with van der Waals surface area (Å²) >= 11 is 0. The normalized spacial score (nSPS) is 21.2. The third-order valence-electron chi connectivity index (χ3n) is 2.01. The summed E-state index contributed by atoms with van der Waals surface area (Å²) in [7, 11) is 0. The number of rotatable bonds is 1. The molecule has 1 aliphatic rings. The zero-order valence-corrected chi connectivity index (χ0v) is 8.80. The van der Waals surface area contributed by atoms with Crippen LogP contribution in [0.15, 0.2) is 35.1 Å². The van der Waals surface area contributed by atoms with Gasteiger partial charge in [0.2, 0.25) is 0 Å². The van der Waals surface area contributed by atoms with Crippen molar-refractivity contribution in [1.82, 2.24) is 0 Å². The molecule has 1 atom stereocenters. The second-order valence-corrected chi connectivity index (χ2v) is 3.50. The Bertz CT molecular complexity index is 410. The second-order valence-electron chi connectivity index (χ2n) is 3.50. The second kappa shape index (κ2) is 4.44. The lowest BCUT2D eigenvalue weighted by atomic mass is 10.1. The largest absolute Gasteiger partial charge is 0.573 e. The number of alkyl halides is 3. The van der Waals surface area contributed by atoms with Gasteiger partial charge in [-0.25, -0.2) is 0 Å². The minimum Gasteiger partial charge on any atom is -0.406 e. The minimum absolute atomic E-state index is 0.180. The van der Waals surface area contributed by atoms with Crippen LogP contribution < -0.4 is 0 Å². The van der Waals surface area contributed by atoms with E-state index < -0.39 is 6.36 Å². The third-order valence-corrected chi connectivity index (χ3v) is 2.01. The van der Waals surface area contributed by atoms with Crippen molar-refractivity contribution in [2.45, 2.75) is 20.2 Å². The summed E-state index contributed by atoms with van der Waals surface area (Å²) < 4.78 is 39.9. The first kappa shape index (κ1) is 12.4. The number of hydrogen-bond acceptors (Lipinski definition) is 2. The first-order valence-corrected chi connectivity index (χ1v) is 4.60. The van der Waals surface area contributed by atoms with Crippen LogP contribution in [0.4, 0.5) is 13.2 Å². The van der Waals surface area contributed by atoms with Crippen LogP contribution in [0.2, 0.25) is 0 Å². The highest BCUT2D eigenvalue weighted by molar-refractivity contribution is 5.46. The van der Waals surface area contributed by atoms with E-state index in [2.05, 4.69) is 4.74 Å². The minimum atomic E-state index is -4.74. The fourth-order valence-corrected chi connectivity index (χ4v) is 1.41. The number of hydrogen-bond donors (Lipinski definition) is 0. The Labute approximate surface area is 91.3 Å². The van der Waals surface area contributed by atoms with E-state index in [1.165, 1.54) is 6.08 Å². The molecule has 16 heavy (non-hydrogen) atoms. The van der Waals surface area contributed by atoms with Crippen LogP contribution in [-0.2, 0) is 4.74 Å². The molecular formula is C11H10F3NO. The molecule has 86 valence electrons. The SMILES string of the molecule is CC1=C[C@@H](C)C=C(OC(F)(F)F)C=C1C#N. The molecule has 0 amide bonds. The fourth-order valence-electron chi connectivity index (χ4n) is 1.41. The summed E-state index contributed by atoms with van der Waals surface area (Å²) in [5.74, 6) is -0.552. The lowest BCUT2D eigenvalue weighted by Gasteiger charge is -2.09. The van der Waals surface area contributed by atoms with Crippen LogP contribution in [0.1, 0.15) is 13.8 Å². The van der Waals surface area contributed by atoms with Gasteiger partial charge < -0.3 is 4.74 Å². The average Bonchev–Trinajstić information content (AvgIpc) is 2.21. The van der Waals surface area contributed by atoms with Crippen LogP contribution in [0.3, 0.4) is 0 Å². The van der Waals surface area contributed by atoms with E-state index in [1.807, 2.05) is 6.07 Å². The summed E-state index contributed by atoms with van der Waals surface area (Å²) in [6, 6.07) is 1.83. The van der Waals surface area contributed by atoms with E-state index in [1.54, 1.807) is 19.9 Å². The van der Waals surface area contributed by atoms with Crippen molar-refractivity contribution in [1.29, 1.82) is 5.26 Å². The van der Waals surface area contributed by atoms with Gasteiger partial charge in [-0.15, -0.1) is 13.2 Å². The molecule has 0 aromatic rings. The van der Waals surface area contributed by atoms with E-state index >= 15 is 0 Å². The summed E-state index contributed by atoms with van der Waals surface area (Å²) in [5, 5.41) is 8.77. The monoisotopic (exact) mass is 229 g/mol. The molecule has 0 aliphatic heterocycles. The smallest absolute Gasteiger partial charge is 0.406 e. The van der Waals surface area contributed by atoms with Gasteiger partial charge in [-0.05, 0) is 30.6 Å². The third kappa shape index (κ3) is 3.46. The van der Waals surface area contributed by atoms with Crippen molar-refractivity contribution in [3.63, 3.8) is 0 Å². The zero-order chi connectivity index (χ0) is 12.3. The van der Waals surface area contributed by atoms with Gasteiger partial charge in [0.15, 0.2) is 0 Å². The van der Waals surface area contributed by atoms with Gasteiger partial charge in [-0.1, -0.05) is 13.0 Å². The molecular weight excluding hydrogens is 219 g/mol. The first-order chi connectivity index (χ1) is 7.31. The maximum atomic E-state index is 12.0. The van der Waals surface area contributed by atoms with E-state index in [4.69, 9.17) is 5.26 Å². The van der Waals surface area contributed by atoms with Crippen molar-refractivity contribution in [2.75, 3.05) is 0 Å². The van der Waals surface area contributed by atoms with Gasteiger partial charge in [0.05, 0.1) is 11.6 Å². The quantitative estimate of drug-likeness (QED) is 0.689. The molecule has 0 heterocycles. The number of allylic oxidation sites excluding steroid dienone is 5. The van der Waals surface area contributed by atoms with Gasteiger partial charge >= 0.3 is 6.36 Å². The van der Waals surface area contributed by atoms with Crippen LogP contribution in [0, 0.1) is 17.2 Å². The van der Waals surface area contributed by atoms with Crippen LogP contribution in [0.5, 0.6) is 0 Å². The lowest BCUT2D eigenvalue weighted by Crippen LogP contribution is -2.12. The fraction of sp³-hybridized carbons (Fsp3) is 0.364. The summed E-state index contributed by atoms with van der Waals surface area (Å²) in [5.41, 5.74) is 0.826. The predicted molar refractivity (Wildman–Crippen MR) is 51.8 cm³/mol. The predicted octanol–water partition coefficient (Wildman–Crippen LogP) is 3.45. The Morgan fingerprint density at radius 3 is 2.50 bits per heavy atom. The van der Waals surface area contributed by atoms with Crippen molar-refractivity contribution in [3.8, 4) is 6.07 Å². The highest BCUT2D eigenvalue weighted by Gasteiger charge is 2.32. The molecule has 1 rings (SSSR count). The van der Waals surface area contributed by atoms with Crippen molar-refractivity contribution in [3.05, 3.63) is 35.1 Å². The highest BCUT2D eigenvalue weighted by Crippen LogP contribution is 2.27. The van der Waals surface area contributed by atoms with Crippen molar-refractivity contribution < 1.29 is 17.9 Å². The van der Waals surface area contributed by atoms with E-state index in [-0.39, 0.29) is 17.3 Å². The van der Waals surface area contributed by atoms with E-state index in [9.17, 15) is 13.2 Å². The maximum Gasteiger partial charge on any atom is 0.573 e. The van der Waals surface area contributed by atoms with E-state index in [0.717, 1.165) is 6.08 Å². The maximum absolute atomic E-state index is 12.0. The molecule has 0 unspecified atom stereocenters. The van der Waals surface area contributed by atoms with Gasteiger partial charge in [-0.2, -0.15) is 5.26 Å². The van der Waals surface area contributed by atoms with E-state index in [0.29, 0.717) is 5.57 Å². The molecule has 0 aromatic heterocycles. The standard InChI is InChI=1S/C11H10F3NO/c1-7-3-8(2)9(6-15)5-10(4-7)16-11(12,13)14/h3-5,7H,1-2H3/t7-/m1/s1. The Kier molecular flexibility index (Phi) is 3.43. The lowest BCUT2D eigenvalue weighted by molar-refractivity contribution is -0.303. The molecule has 5 heteroatoms. The zero-order valence-electron chi connectivity index (χ0n) is 8.80. The number of nitrogens with zero attached hydrogens (tertiary/aromatic N) is 1. The summed E-state index contributed by atoms with van der Waals surface area (Å²) in [4.78, 5) is 0. The Morgan fingerprint density at radius 1 is 1.38 bits per heavy atom. The van der Waals surface area contributed by atoms with Gasteiger partial charge in [0.25, 0.3) is 0 Å². The summed E-state index contributed by atoms with van der Waals surface area (Å²) in [6.45, 7) is 3.40. The number of ether oxygens (including phenoxy) is 1. The molecule has 0 N–H and O–H groups in total. The van der Waals surface area contributed by atoms with Gasteiger partial charge in [-0.3, -0.25) is 0 Å². The molecule has 0 spiro atoms. The molecule has 0 fully saturated rings. The van der Waals surface area contributed by atoms with Crippen LogP contribution >= 0.6 is 0 Å². The molecule has 0 aromatic carbocycles. The molecule has 0 saturated carbocycles. The Hall–Kier alpha value is -1.70. The van der Waals surface area contributed by atoms with Gasteiger partial charge in [0.1, 0.15) is 5.76 Å². The topological polar surface area (TPSA) is 33.0 Å². The molecule has 0 saturated heterocycles. The van der Waals surface area contributed by atoms with Crippen molar-refractivity contribution in [2.24, 2.45) is 5.92 Å².